The Balaban J connectivity index is 0.000000192. The van der Waals surface area contributed by atoms with Crippen molar-refractivity contribution in [2.75, 3.05) is 0 Å². The number of benzene rings is 2. The number of aliphatic hydroxyl groups is 1. The van der Waals surface area contributed by atoms with Crippen LogP contribution in [0.4, 0.5) is 8.78 Å². The smallest absolute Gasteiger partial charge is 0.134 e. The van der Waals surface area contributed by atoms with Crippen LogP contribution >= 0.6 is 15.9 Å². The van der Waals surface area contributed by atoms with Gasteiger partial charge in [-0.05, 0) is 109 Å². The molecule has 0 amide bonds. The minimum absolute atomic E-state index is 0.160. The zero-order valence-corrected chi connectivity index (χ0v) is 20.9. The van der Waals surface area contributed by atoms with Crippen molar-refractivity contribution in [3.05, 3.63) is 111 Å². The average molecular weight is 514 g/mol. The molecule has 0 saturated heterocycles. The average Bonchev–Trinajstić information content (AvgIpc) is 3.23. The topological polar surface area (TPSA) is 33.1 Å². The van der Waals surface area contributed by atoms with E-state index >= 15 is 0 Å². The van der Waals surface area contributed by atoms with Crippen LogP contribution in [0.3, 0.4) is 0 Å². The molecular weight excluding hydrogens is 484 g/mol. The molecule has 5 heteroatoms. The Morgan fingerprint density at radius 2 is 1.73 bits per heavy atom. The van der Waals surface area contributed by atoms with Crippen LogP contribution in [0, 0.1) is 18.6 Å². The second-order valence-corrected chi connectivity index (χ2v) is 8.77. The van der Waals surface area contributed by atoms with Gasteiger partial charge < -0.3 is 5.11 Å². The van der Waals surface area contributed by atoms with Gasteiger partial charge in [0, 0.05) is 16.4 Å². The quantitative estimate of drug-likeness (QED) is 0.354. The van der Waals surface area contributed by atoms with Crippen LogP contribution in [-0.2, 0) is 6.42 Å². The third-order valence-corrected chi connectivity index (χ3v) is 5.79. The first-order valence-electron chi connectivity index (χ1n) is 10.9. The summed E-state index contributed by atoms with van der Waals surface area (Å²) in [6.45, 7) is 9.50. The Morgan fingerprint density at radius 1 is 1.03 bits per heavy atom. The molecule has 3 aromatic rings. The number of aliphatic hydroxyl groups excluding tert-OH is 1. The van der Waals surface area contributed by atoms with Crippen molar-refractivity contribution in [1.29, 1.82) is 0 Å². The van der Waals surface area contributed by atoms with E-state index in [9.17, 15) is 13.9 Å². The van der Waals surface area contributed by atoms with Gasteiger partial charge in [-0.1, -0.05) is 37.3 Å². The van der Waals surface area contributed by atoms with Gasteiger partial charge in [0.2, 0.25) is 0 Å². The van der Waals surface area contributed by atoms with Crippen molar-refractivity contribution in [1.82, 2.24) is 4.98 Å². The number of pyridine rings is 1. The van der Waals surface area contributed by atoms with Gasteiger partial charge in [0.15, 0.2) is 0 Å². The van der Waals surface area contributed by atoms with Gasteiger partial charge in [0.25, 0.3) is 0 Å². The summed E-state index contributed by atoms with van der Waals surface area (Å²) < 4.78 is 26.6. The van der Waals surface area contributed by atoms with E-state index in [1.165, 1.54) is 34.9 Å². The summed E-state index contributed by atoms with van der Waals surface area (Å²) in [5.74, 6) is -0.796. The lowest BCUT2D eigenvalue weighted by molar-refractivity contribution is 0.504. The van der Waals surface area contributed by atoms with Crippen LogP contribution in [-0.4, -0.2) is 10.1 Å². The van der Waals surface area contributed by atoms with Gasteiger partial charge in [-0.3, -0.25) is 4.98 Å². The van der Waals surface area contributed by atoms with E-state index in [1.54, 1.807) is 30.5 Å². The van der Waals surface area contributed by atoms with Crippen molar-refractivity contribution < 1.29 is 13.9 Å². The Morgan fingerprint density at radius 3 is 2.21 bits per heavy atom. The third-order valence-electron chi connectivity index (χ3n) is 5.32. The van der Waals surface area contributed by atoms with Gasteiger partial charge in [-0.2, -0.15) is 0 Å². The lowest BCUT2D eigenvalue weighted by atomic mass is 9.99. The largest absolute Gasteiger partial charge is 0.508 e. The Hall–Kier alpha value is -2.79. The lowest BCUT2D eigenvalue weighted by Gasteiger charge is -2.08. The van der Waals surface area contributed by atoms with Gasteiger partial charge in [0.05, 0.1) is 5.56 Å². The van der Waals surface area contributed by atoms with E-state index in [4.69, 9.17) is 0 Å². The number of allylic oxidation sites excluding steroid dienone is 2. The Bertz CT molecular complexity index is 1070. The van der Waals surface area contributed by atoms with Crippen LogP contribution < -0.4 is 0 Å². The van der Waals surface area contributed by atoms with E-state index in [-0.39, 0.29) is 17.1 Å². The fourth-order valence-corrected chi connectivity index (χ4v) is 3.62. The molecule has 2 nitrogen and oxygen atoms in total. The molecule has 1 aliphatic carbocycles. The molecule has 2 aromatic carbocycles. The molecule has 0 radical (unpaired) electrons. The number of hydrogen-bond donors (Lipinski definition) is 1. The predicted molar refractivity (Wildman–Crippen MR) is 137 cm³/mol. The third kappa shape index (κ3) is 8.58. The molecule has 1 heterocycles. The summed E-state index contributed by atoms with van der Waals surface area (Å²) in [5.41, 5.74) is 6.07. The molecule has 1 N–H and O–H groups in total. The highest BCUT2D eigenvalue weighted by Crippen LogP contribution is 2.34. The van der Waals surface area contributed by atoms with E-state index < -0.39 is 5.82 Å². The molecule has 0 fully saturated rings. The zero-order valence-electron chi connectivity index (χ0n) is 19.3. The molecule has 174 valence electrons. The number of aromatic nitrogens is 1. The van der Waals surface area contributed by atoms with Gasteiger partial charge >= 0.3 is 0 Å². The second-order valence-electron chi connectivity index (χ2n) is 7.85. The first kappa shape index (κ1) is 26.5. The summed E-state index contributed by atoms with van der Waals surface area (Å²) >= 11 is 3.28. The molecule has 4 rings (SSSR count). The van der Waals surface area contributed by atoms with Gasteiger partial charge in [-0.15, -0.1) is 0 Å². The zero-order chi connectivity index (χ0) is 24.4. The SMILES string of the molecule is C=C(O)c1cc(C2=C(C)CCC2)ccc1F.CCc1ccc(F)cc1.Cc1ccc(Br)cn1. The molecule has 1 aromatic heterocycles. The minimum atomic E-state index is -0.424. The maximum Gasteiger partial charge on any atom is 0.134 e. The fraction of sp³-hybridized carbons (Fsp3) is 0.250. The van der Waals surface area contributed by atoms with Crippen LogP contribution in [0.15, 0.2) is 77.4 Å². The van der Waals surface area contributed by atoms with Crippen molar-refractivity contribution >= 4 is 27.3 Å². The van der Waals surface area contributed by atoms with Crippen molar-refractivity contribution in [2.24, 2.45) is 0 Å². The van der Waals surface area contributed by atoms with Crippen LogP contribution in [0.5, 0.6) is 0 Å². The van der Waals surface area contributed by atoms with Gasteiger partial charge in [0.1, 0.15) is 17.4 Å². The molecule has 0 spiro atoms. The maximum absolute atomic E-state index is 13.4. The molecule has 0 saturated carbocycles. The fourth-order valence-electron chi connectivity index (χ4n) is 3.39. The van der Waals surface area contributed by atoms with Crippen molar-refractivity contribution in [2.45, 2.75) is 46.5 Å². The normalized spacial score (nSPS) is 12.4. The number of hydrogen-bond acceptors (Lipinski definition) is 2. The molecule has 0 aliphatic heterocycles. The van der Waals surface area contributed by atoms with Crippen molar-refractivity contribution in [3.63, 3.8) is 0 Å². The molecular formula is C28H30BrF2NO. The number of rotatable bonds is 3. The Labute approximate surface area is 203 Å². The van der Waals surface area contributed by atoms with E-state index in [0.29, 0.717) is 0 Å². The first-order chi connectivity index (χ1) is 15.7. The molecule has 0 unspecified atom stereocenters. The molecule has 0 bridgehead atoms. The lowest BCUT2D eigenvalue weighted by Crippen LogP contribution is -1.91. The highest BCUT2D eigenvalue weighted by molar-refractivity contribution is 9.10. The van der Waals surface area contributed by atoms with Crippen molar-refractivity contribution in [3.8, 4) is 0 Å². The van der Waals surface area contributed by atoms with Gasteiger partial charge in [-0.25, -0.2) is 8.78 Å². The summed E-state index contributed by atoms with van der Waals surface area (Å²) in [6.07, 6.45) is 6.07. The predicted octanol–water partition coefficient (Wildman–Crippen LogP) is 8.85. The summed E-state index contributed by atoms with van der Waals surface area (Å²) in [5, 5.41) is 9.29. The van der Waals surface area contributed by atoms with E-state index in [1.807, 2.05) is 26.0 Å². The maximum atomic E-state index is 13.4. The van der Waals surface area contributed by atoms with Crippen LogP contribution in [0.2, 0.25) is 0 Å². The molecule has 33 heavy (non-hydrogen) atoms. The number of halogens is 3. The molecule has 0 atom stereocenters. The highest BCUT2D eigenvalue weighted by atomic mass is 79.9. The second kappa shape index (κ2) is 13.0. The van der Waals surface area contributed by atoms with Crippen LogP contribution in [0.25, 0.3) is 11.3 Å². The van der Waals surface area contributed by atoms with E-state index in [0.717, 1.165) is 41.4 Å². The summed E-state index contributed by atoms with van der Waals surface area (Å²) in [6, 6.07) is 15.4. The minimum Gasteiger partial charge on any atom is -0.508 e. The Kier molecular flexibility index (Phi) is 10.5. The summed E-state index contributed by atoms with van der Waals surface area (Å²) in [4.78, 5) is 4.03. The standard InChI is InChI=1S/C14H15FO.C8H9F.C6H6BrN/c1-9-4-3-5-12(9)11-6-7-14(15)13(8-11)10(2)16;1-2-7-3-5-8(9)6-4-7;1-5-2-3-6(7)4-8-5/h6-8,16H,2-5H2,1H3;3-6H,2H2,1H3;2-4H,1H3. The highest BCUT2D eigenvalue weighted by Gasteiger charge is 2.15. The number of aryl methyl sites for hydroxylation is 2. The first-order valence-corrected chi connectivity index (χ1v) is 11.7. The molecule has 1 aliphatic rings. The monoisotopic (exact) mass is 513 g/mol. The van der Waals surface area contributed by atoms with Crippen LogP contribution in [0.1, 0.15) is 55.5 Å². The van der Waals surface area contributed by atoms with E-state index in [2.05, 4.69) is 34.4 Å². The summed E-state index contributed by atoms with van der Waals surface area (Å²) in [7, 11) is 0. The number of nitrogens with zero attached hydrogens (tertiary/aromatic N) is 1.